The van der Waals surface area contributed by atoms with Gasteiger partial charge >= 0.3 is 0 Å². The molecule has 2 aliphatic carbocycles. The van der Waals surface area contributed by atoms with Crippen LogP contribution in [0.5, 0.6) is 0 Å². The van der Waals surface area contributed by atoms with Gasteiger partial charge in [0.25, 0.3) is 0 Å². The van der Waals surface area contributed by atoms with Crippen molar-refractivity contribution < 1.29 is 4.79 Å². The Labute approximate surface area is 130 Å². The Bertz CT molecular complexity index is 512. The van der Waals surface area contributed by atoms with E-state index in [1.165, 1.54) is 43.9 Å². The summed E-state index contributed by atoms with van der Waals surface area (Å²) in [5.74, 6) is 2.81. The van der Waals surface area contributed by atoms with Gasteiger partial charge in [0.1, 0.15) is 5.82 Å². The summed E-state index contributed by atoms with van der Waals surface area (Å²) in [6.07, 6.45) is 7.31. The molecule has 5 nitrogen and oxygen atoms in total. The van der Waals surface area contributed by atoms with E-state index in [1.54, 1.807) is 0 Å². The second-order valence-electron chi connectivity index (χ2n) is 6.40. The summed E-state index contributed by atoms with van der Waals surface area (Å²) in [6, 6.07) is 0.355. The Morgan fingerprint density at radius 1 is 1.29 bits per heavy atom. The van der Waals surface area contributed by atoms with E-state index < -0.39 is 0 Å². The minimum atomic E-state index is 0.120. The molecule has 0 bridgehead atoms. The van der Waals surface area contributed by atoms with Crippen molar-refractivity contribution >= 4 is 17.7 Å². The fourth-order valence-electron chi connectivity index (χ4n) is 3.06. The first-order valence-electron chi connectivity index (χ1n) is 7.96. The average molecular weight is 308 g/mol. The maximum atomic E-state index is 12.1. The number of rotatable bonds is 5. The van der Waals surface area contributed by atoms with E-state index >= 15 is 0 Å². The maximum absolute atomic E-state index is 12.1. The van der Waals surface area contributed by atoms with Gasteiger partial charge in [-0.3, -0.25) is 4.79 Å². The van der Waals surface area contributed by atoms with Gasteiger partial charge in [0.2, 0.25) is 5.91 Å². The number of hydrogen-bond donors (Lipinski definition) is 1. The Morgan fingerprint density at radius 3 is 2.76 bits per heavy atom. The summed E-state index contributed by atoms with van der Waals surface area (Å²) in [4.78, 5) is 12.1. The van der Waals surface area contributed by atoms with Gasteiger partial charge in [0, 0.05) is 19.0 Å². The highest BCUT2D eigenvalue weighted by Gasteiger charge is 2.29. The zero-order valence-electron chi connectivity index (χ0n) is 12.8. The number of nitrogens with zero attached hydrogens (tertiary/aromatic N) is 3. The van der Waals surface area contributed by atoms with Crippen LogP contribution in [0, 0.1) is 5.92 Å². The van der Waals surface area contributed by atoms with Crippen LogP contribution in [-0.2, 0) is 11.8 Å². The second kappa shape index (κ2) is 6.38. The normalized spacial score (nSPS) is 25.8. The molecule has 21 heavy (non-hydrogen) atoms. The number of thioether (sulfide) groups is 1. The fraction of sp³-hybridized carbons (Fsp3) is 0.800. The third-order valence-corrected chi connectivity index (χ3v) is 5.62. The molecule has 1 aromatic heterocycles. The summed E-state index contributed by atoms with van der Waals surface area (Å²) in [7, 11) is 2.00. The molecule has 1 N–H and O–H groups in total. The van der Waals surface area contributed by atoms with Crippen LogP contribution in [0.4, 0.5) is 0 Å². The molecule has 2 atom stereocenters. The molecule has 0 aliphatic heterocycles. The summed E-state index contributed by atoms with van der Waals surface area (Å²) >= 11 is 1.49. The smallest absolute Gasteiger partial charge is 0.230 e. The monoisotopic (exact) mass is 308 g/mol. The van der Waals surface area contributed by atoms with Crippen molar-refractivity contribution in [1.82, 2.24) is 20.1 Å². The van der Waals surface area contributed by atoms with E-state index in [1.807, 2.05) is 11.6 Å². The van der Waals surface area contributed by atoms with Crippen molar-refractivity contribution in [2.24, 2.45) is 13.0 Å². The number of nitrogens with one attached hydrogen (secondary N) is 1. The predicted molar refractivity (Wildman–Crippen MR) is 83.3 cm³/mol. The van der Waals surface area contributed by atoms with E-state index in [9.17, 15) is 4.79 Å². The lowest BCUT2D eigenvalue weighted by Gasteiger charge is -2.29. The Kier molecular flexibility index (Phi) is 4.52. The van der Waals surface area contributed by atoms with E-state index in [0.29, 0.717) is 23.6 Å². The van der Waals surface area contributed by atoms with Crippen LogP contribution in [-0.4, -0.2) is 32.5 Å². The summed E-state index contributed by atoms with van der Waals surface area (Å²) < 4.78 is 2.04. The van der Waals surface area contributed by atoms with E-state index in [4.69, 9.17) is 0 Å². The van der Waals surface area contributed by atoms with Gasteiger partial charge in [0.05, 0.1) is 5.75 Å². The number of carbonyl (C=O) groups is 1. The van der Waals surface area contributed by atoms with Gasteiger partial charge < -0.3 is 9.88 Å². The lowest BCUT2D eigenvalue weighted by Crippen LogP contribution is -2.41. The van der Waals surface area contributed by atoms with E-state index in [-0.39, 0.29) is 5.91 Å². The van der Waals surface area contributed by atoms with Crippen molar-refractivity contribution in [3.8, 4) is 0 Å². The van der Waals surface area contributed by atoms with Gasteiger partial charge in [-0.2, -0.15) is 0 Å². The average Bonchev–Trinajstić information content (AvgIpc) is 3.24. The van der Waals surface area contributed by atoms with Crippen LogP contribution in [0.3, 0.4) is 0 Å². The zero-order valence-corrected chi connectivity index (χ0v) is 13.7. The fourth-order valence-corrected chi connectivity index (χ4v) is 3.79. The van der Waals surface area contributed by atoms with Crippen molar-refractivity contribution in [2.75, 3.05) is 5.75 Å². The molecule has 0 unspecified atom stereocenters. The molecule has 0 spiro atoms. The molecule has 116 valence electrons. The molecule has 0 saturated heterocycles. The highest BCUT2D eigenvalue weighted by Crippen LogP contribution is 2.39. The Balaban J connectivity index is 1.49. The van der Waals surface area contributed by atoms with Crippen LogP contribution in [0.15, 0.2) is 5.16 Å². The molecule has 1 heterocycles. The van der Waals surface area contributed by atoms with Crippen LogP contribution < -0.4 is 5.32 Å². The quantitative estimate of drug-likeness (QED) is 0.849. The first-order chi connectivity index (χ1) is 10.1. The number of hydrogen-bond acceptors (Lipinski definition) is 4. The highest BCUT2D eigenvalue weighted by atomic mass is 32.2. The largest absolute Gasteiger partial charge is 0.352 e. The molecule has 2 saturated carbocycles. The van der Waals surface area contributed by atoms with Crippen LogP contribution in [0.2, 0.25) is 0 Å². The summed E-state index contributed by atoms with van der Waals surface area (Å²) in [6.45, 7) is 2.24. The zero-order chi connectivity index (χ0) is 14.8. The van der Waals surface area contributed by atoms with Crippen LogP contribution in [0.1, 0.15) is 57.2 Å². The van der Waals surface area contributed by atoms with Crippen molar-refractivity contribution in [3.05, 3.63) is 5.82 Å². The second-order valence-corrected chi connectivity index (χ2v) is 7.34. The summed E-state index contributed by atoms with van der Waals surface area (Å²) in [5.41, 5.74) is 0. The van der Waals surface area contributed by atoms with Gasteiger partial charge in [-0.1, -0.05) is 31.5 Å². The Morgan fingerprint density at radius 2 is 2.05 bits per heavy atom. The molecule has 0 aromatic carbocycles. The third kappa shape index (κ3) is 3.59. The van der Waals surface area contributed by atoms with Gasteiger partial charge in [0.15, 0.2) is 5.16 Å². The number of amides is 1. The van der Waals surface area contributed by atoms with E-state index in [0.717, 1.165) is 17.4 Å². The standard InChI is InChI=1S/C15H24N4OS/c1-10-5-3-4-6-12(10)16-13(20)9-21-15-18-17-14(19(15)2)11-7-8-11/h10-12H,3-9H2,1-2H3,(H,16,20)/t10-,12-/m0/s1. The van der Waals surface area contributed by atoms with Crippen LogP contribution in [0.25, 0.3) is 0 Å². The van der Waals surface area contributed by atoms with Gasteiger partial charge in [-0.25, -0.2) is 0 Å². The first kappa shape index (κ1) is 14.9. The number of carbonyl (C=O) groups excluding carboxylic acids is 1. The lowest BCUT2D eigenvalue weighted by molar-refractivity contribution is -0.119. The first-order valence-corrected chi connectivity index (χ1v) is 8.95. The molecule has 6 heteroatoms. The SMILES string of the molecule is C[C@H]1CCCC[C@@H]1NC(=O)CSc1nnc(C2CC2)n1C. The summed E-state index contributed by atoms with van der Waals surface area (Å²) in [5, 5.41) is 12.5. The van der Waals surface area contributed by atoms with Crippen molar-refractivity contribution in [1.29, 1.82) is 0 Å². The topological polar surface area (TPSA) is 59.8 Å². The molecule has 3 rings (SSSR count). The molecule has 2 fully saturated rings. The van der Waals surface area contributed by atoms with Gasteiger partial charge in [-0.05, 0) is 31.6 Å². The lowest BCUT2D eigenvalue weighted by atomic mass is 9.86. The molecule has 2 aliphatic rings. The minimum Gasteiger partial charge on any atom is -0.352 e. The molecule has 0 radical (unpaired) electrons. The third-order valence-electron chi connectivity index (χ3n) is 4.60. The Hall–Kier alpha value is -1.04. The number of aromatic nitrogens is 3. The predicted octanol–water partition coefficient (Wildman–Crippen LogP) is 2.48. The highest BCUT2D eigenvalue weighted by molar-refractivity contribution is 7.99. The van der Waals surface area contributed by atoms with E-state index in [2.05, 4.69) is 22.4 Å². The molecular formula is C15H24N4OS. The minimum absolute atomic E-state index is 0.120. The molecule has 1 aromatic rings. The van der Waals surface area contributed by atoms with Crippen molar-refractivity contribution in [3.63, 3.8) is 0 Å². The van der Waals surface area contributed by atoms with Crippen molar-refractivity contribution in [2.45, 2.75) is 62.6 Å². The molecular weight excluding hydrogens is 284 g/mol. The maximum Gasteiger partial charge on any atom is 0.230 e. The van der Waals surface area contributed by atoms with Gasteiger partial charge in [-0.15, -0.1) is 10.2 Å². The molecule has 1 amide bonds. The van der Waals surface area contributed by atoms with Crippen LogP contribution >= 0.6 is 11.8 Å².